The average Bonchev–Trinajstić information content (AvgIpc) is 3.27. The lowest BCUT2D eigenvalue weighted by Gasteiger charge is -2.22. The number of amides is 1. The summed E-state index contributed by atoms with van der Waals surface area (Å²) in [5.74, 6) is -0.0359. The molecule has 1 saturated heterocycles. The first-order valence-corrected chi connectivity index (χ1v) is 10.7. The molecule has 1 aromatic rings. The Morgan fingerprint density at radius 1 is 1.37 bits per heavy atom. The zero-order chi connectivity index (χ0) is 19.6. The van der Waals surface area contributed by atoms with Gasteiger partial charge in [0.15, 0.2) is 0 Å². The number of ether oxygens (including phenoxy) is 1. The number of rotatable bonds is 10. The van der Waals surface area contributed by atoms with Gasteiger partial charge in [-0.25, -0.2) is 4.79 Å². The van der Waals surface area contributed by atoms with Gasteiger partial charge in [0, 0.05) is 17.8 Å². The van der Waals surface area contributed by atoms with Gasteiger partial charge in [0.05, 0.1) is 13.2 Å². The number of unbranched alkanes of at least 4 members (excludes halogenated alkanes) is 1. The fourth-order valence-electron chi connectivity index (χ4n) is 3.28. The third-order valence-electron chi connectivity index (χ3n) is 4.88. The number of aryl methyl sites for hydroxylation is 1. The molecule has 0 unspecified atom stereocenters. The number of thiophene rings is 1. The van der Waals surface area contributed by atoms with E-state index >= 15 is 0 Å². The van der Waals surface area contributed by atoms with Gasteiger partial charge in [-0.05, 0) is 51.2 Å². The molecular formula is C22H31NO3S. The quantitative estimate of drug-likeness (QED) is 0.411. The smallest absolute Gasteiger partial charge is 0.348 e. The van der Waals surface area contributed by atoms with Crippen LogP contribution in [-0.4, -0.2) is 36.5 Å². The number of allylic oxidation sites excluding steroid dienone is 3. The molecule has 1 amide bonds. The van der Waals surface area contributed by atoms with Crippen LogP contribution in [0.2, 0.25) is 0 Å². The van der Waals surface area contributed by atoms with Crippen molar-refractivity contribution >= 4 is 23.2 Å². The van der Waals surface area contributed by atoms with E-state index in [1.54, 1.807) is 0 Å². The first-order valence-electron chi connectivity index (χ1n) is 9.85. The van der Waals surface area contributed by atoms with Gasteiger partial charge in [-0.1, -0.05) is 37.1 Å². The number of likely N-dealkylation sites (tertiary alicyclic amines) is 1. The zero-order valence-electron chi connectivity index (χ0n) is 16.7. The molecule has 1 atom stereocenters. The fraction of sp³-hybridized carbons (Fsp3) is 0.545. The van der Waals surface area contributed by atoms with Crippen LogP contribution in [0.1, 0.15) is 66.9 Å². The van der Waals surface area contributed by atoms with Crippen molar-refractivity contribution in [3.8, 4) is 0 Å². The Kier molecular flexibility index (Phi) is 8.79. The lowest BCUT2D eigenvalue weighted by atomic mass is 10.1. The van der Waals surface area contributed by atoms with Crippen LogP contribution in [0.25, 0.3) is 0 Å². The summed E-state index contributed by atoms with van der Waals surface area (Å²) in [6, 6.07) is 4.00. The molecular weight excluding hydrogens is 358 g/mol. The highest BCUT2D eigenvalue weighted by atomic mass is 32.1. The average molecular weight is 390 g/mol. The van der Waals surface area contributed by atoms with Gasteiger partial charge < -0.3 is 9.64 Å². The standard InChI is InChI=1S/C22H31NO3S/c1-4-5-8-17(2)9-6-10-18-12-15-21(24)23(18)16-7-11-19-13-14-20(27-19)22(25)26-3/h6,9-10,13-14,18H,4-5,7-8,11-12,15-16H2,1-3H3/b10-6+,17-9+/t18-/m0/s1. The summed E-state index contributed by atoms with van der Waals surface area (Å²) in [6.07, 6.45) is 13.4. The first kappa shape index (κ1) is 21.4. The molecule has 5 heteroatoms. The van der Waals surface area contributed by atoms with E-state index in [2.05, 4.69) is 32.1 Å². The highest BCUT2D eigenvalue weighted by Crippen LogP contribution is 2.23. The van der Waals surface area contributed by atoms with Crippen molar-refractivity contribution in [3.05, 3.63) is 45.7 Å². The van der Waals surface area contributed by atoms with Crippen LogP contribution in [0.15, 0.2) is 35.9 Å². The van der Waals surface area contributed by atoms with Crippen LogP contribution in [0.3, 0.4) is 0 Å². The Morgan fingerprint density at radius 2 is 2.19 bits per heavy atom. The van der Waals surface area contributed by atoms with Gasteiger partial charge in [0.2, 0.25) is 5.91 Å². The lowest BCUT2D eigenvalue weighted by molar-refractivity contribution is -0.128. The van der Waals surface area contributed by atoms with Gasteiger partial charge in [-0.3, -0.25) is 4.79 Å². The summed E-state index contributed by atoms with van der Waals surface area (Å²) in [7, 11) is 1.40. The molecule has 1 fully saturated rings. The van der Waals surface area contributed by atoms with Crippen molar-refractivity contribution < 1.29 is 14.3 Å². The number of nitrogens with zero attached hydrogens (tertiary/aromatic N) is 1. The molecule has 1 aliphatic rings. The molecule has 0 aliphatic carbocycles. The van der Waals surface area contributed by atoms with Crippen molar-refractivity contribution in [1.29, 1.82) is 0 Å². The Bertz CT molecular complexity index is 689. The zero-order valence-corrected chi connectivity index (χ0v) is 17.5. The Labute approximate surface area is 166 Å². The molecule has 1 aromatic heterocycles. The Hall–Kier alpha value is -1.88. The maximum absolute atomic E-state index is 12.2. The molecule has 0 spiro atoms. The predicted molar refractivity (Wildman–Crippen MR) is 111 cm³/mol. The number of esters is 1. The van der Waals surface area contributed by atoms with E-state index in [4.69, 9.17) is 4.74 Å². The summed E-state index contributed by atoms with van der Waals surface area (Å²) >= 11 is 1.47. The molecule has 27 heavy (non-hydrogen) atoms. The van der Waals surface area contributed by atoms with Crippen molar-refractivity contribution in [2.24, 2.45) is 0 Å². The van der Waals surface area contributed by atoms with Crippen LogP contribution >= 0.6 is 11.3 Å². The number of carbonyl (C=O) groups excluding carboxylic acids is 2. The normalized spacial score (nSPS) is 17.9. The largest absolute Gasteiger partial charge is 0.465 e. The number of methoxy groups -OCH3 is 1. The number of hydrogen-bond donors (Lipinski definition) is 0. The molecule has 0 aromatic carbocycles. The third kappa shape index (κ3) is 6.65. The number of carbonyl (C=O) groups is 2. The SMILES string of the molecule is CCCC/C(C)=C/C=C/[C@H]1CCC(=O)N1CCCc1ccc(C(=O)OC)s1. The van der Waals surface area contributed by atoms with Crippen molar-refractivity contribution in [2.75, 3.05) is 13.7 Å². The molecule has 148 valence electrons. The minimum absolute atomic E-state index is 0.210. The van der Waals surface area contributed by atoms with Gasteiger partial charge >= 0.3 is 5.97 Å². The van der Waals surface area contributed by atoms with Gasteiger partial charge in [-0.15, -0.1) is 11.3 Å². The molecule has 0 saturated carbocycles. The van der Waals surface area contributed by atoms with E-state index in [9.17, 15) is 9.59 Å². The minimum Gasteiger partial charge on any atom is -0.465 e. The summed E-state index contributed by atoms with van der Waals surface area (Å²) in [5, 5.41) is 0. The van der Waals surface area contributed by atoms with E-state index in [1.165, 1.54) is 36.9 Å². The van der Waals surface area contributed by atoms with Gasteiger partial charge in [0.25, 0.3) is 0 Å². The van der Waals surface area contributed by atoms with E-state index in [1.807, 2.05) is 17.0 Å². The molecule has 1 aliphatic heterocycles. The van der Waals surface area contributed by atoms with Crippen LogP contribution in [0.4, 0.5) is 0 Å². The highest BCUT2D eigenvalue weighted by Gasteiger charge is 2.28. The minimum atomic E-state index is -0.284. The maximum Gasteiger partial charge on any atom is 0.348 e. The van der Waals surface area contributed by atoms with Crippen molar-refractivity contribution in [1.82, 2.24) is 4.90 Å². The van der Waals surface area contributed by atoms with Crippen molar-refractivity contribution in [3.63, 3.8) is 0 Å². The lowest BCUT2D eigenvalue weighted by Crippen LogP contribution is -2.32. The monoisotopic (exact) mass is 389 g/mol. The highest BCUT2D eigenvalue weighted by molar-refractivity contribution is 7.13. The second-order valence-electron chi connectivity index (χ2n) is 7.06. The second kappa shape index (κ2) is 11.1. The third-order valence-corrected chi connectivity index (χ3v) is 6.01. The van der Waals surface area contributed by atoms with E-state index in [-0.39, 0.29) is 17.9 Å². The topological polar surface area (TPSA) is 46.6 Å². The Morgan fingerprint density at radius 3 is 2.93 bits per heavy atom. The number of hydrogen-bond acceptors (Lipinski definition) is 4. The van der Waals surface area contributed by atoms with Gasteiger partial charge in [0.1, 0.15) is 4.88 Å². The summed E-state index contributed by atoms with van der Waals surface area (Å²) in [5.41, 5.74) is 1.39. The summed E-state index contributed by atoms with van der Waals surface area (Å²) in [4.78, 5) is 27.5. The van der Waals surface area contributed by atoms with Crippen LogP contribution in [-0.2, 0) is 16.0 Å². The molecule has 4 nitrogen and oxygen atoms in total. The van der Waals surface area contributed by atoms with Crippen LogP contribution in [0, 0.1) is 0 Å². The predicted octanol–water partition coefficient (Wildman–Crippen LogP) is 5.15. The maximum atomic E-state index is 12.2. The molecule has 0 N–H and O–H groups in total. The van der Waals surface area contributed by atoms with Crippen LogP contribution < -0.4 is 0 Å². The molecule has 0 radical (unpaired) electrons. The van der Waals surface area contributed by atoms with Gasteiger partial charge in [-0.2, -0.15) is 0 Å². The first-order chi connectivity index (χ1) is 13.0. The van der Waals surface area contributed by atoms with E-state index in [0.717, 1.165) is 37.1 Å². The Balaban J connectivity index is 1.83. The fourth-order valence-corrected chi connectivity index (χ4v) is 4.25. The van der Waals surface area contributed by atoms with E-state index < -0.39 is 0 Å². The summed E-state index contributed by atoms with van der Waals surface area (Å²) < 4.78 is 4.75. The molecule has 0 bridgehead atoms. The van der Waals surface area contributed by atoms with E-state index in [0.29, 0.717) is 11.3 Å². The van der Waals surface area contributed by atoms with Crippen LogP contribution in [0.5, 0.6) is 0 Å². The molecule has 2 heterocycles. The summed E-state index contributed by atoms with van der Waals surface area (Å²) in [6.45, 7) is 5.14. The van der Waals surface area contributed by atoms with Crippen molar-refractivity contribution in [2.45, 2.75) is 64.8 Å². The second-order valence-corrected chi connectivity index (χ2v) is 8.22. The molecule has 2 rings (SSSR count).